The summed E-state index contributed by atoms with van der Waals surface area (Å²) in [5.74, 6) is -0.578. The first kappa shape index (κ1) is 22.1. The lowest BCUT2D eigenvalue weighted by atomic mass is 10.1. The number of fused-ring (bicyclic) bond motifs is 1. The maximum atomic E-state index is 12.8. The van der Waals surface area contributed by atoms with Gasteiger partial charge in [-0.05, 0) is 47.2 Å². The minimum atomic E-state index is -0.739. The summed E-state index contributed by atoms with van der Waals surface area (Å²) < 4.78 is 16.0. The maximum absolute atomic E-state index is 12.8. The fourth-order valence-electron chi connectivity index (χ4n) is 3.88. The molecule has 35 heavy (non-hydrogen) atoms. The highest BCUT2D eigenvalue weighted by atomic mass is 16.5. The first-order valence-corrected chi connectivity index (χ1v) is 11.0. The Morgan fingerprint density at radius 1 is 0.971 bits per heavy atom. The highest BCUT2D eigenvalue weighted by Gasteiger charge is 2.36. The van der Waals surface area contributed by atoms with Crippen LogP contribution in [0.1, 0.15) is 34.3 Å². The number of carbonyl (C=O) groups excluding carboxylic acids is 3. The van der Waals surface area contributed by atoms with Crippen LogP contribution in [0.5, 0.6) is 0 Å². The molecule has 0 fully saturated rings. The number of hydrazone groups is 1. The van der Waals surface area contributed by atoms with Crippen molar-refractivity contribution >= 4 is 34.3 Å². The number of nitrogens with zero attached hydrogens (tertiary/aromatic N) is 2. The van der Waals surface area contributed by atoms with E-state index in [1.807, 2.05) is 30.3 Å². The first-order valence-electron chi connectivity index (χ1n) is 11.0. The number of benzene rings is 2. The quantitative estimate of drug-likeness (QED) is 0.411. The molecule has 2 aromatic heterocycles. The van der Waals surface area contributed by atoms with Gasteiger partial charge in [-0.15, -0.1) is 0 Å². The van der Waals surface area contributed by atoms with Crippen molar-refractivity contribution in [2.24, 2.45) is 5.10 Å². The third-order valence-corrected chi connectivity index (χ3v) is 5.60. The van der Waals surface area contributed by atoms with Crippen molar-refractivity contribution in [3.05, 3.63) is 96.3 Å². The zero-order valence-corrected chi connectivity index (χ0v) is 18.5. The van der Waals surface area contributed by atoms with E-state index in [9.17, 15) is 14.4 Å². The summed E-state index contributed by atoms with van der Waals surface area (Å²) in [5, 5.41) is 10.0. The van der Waals surface area contributed by atoms with Gasteiger partial charge < -0.3 is 18.9 Å². The van der Waals surface area contributed by atoms with Gasteiger partial charge in [-0.1, -0.05) is 30.3 Å². The number of hydrogen-bond donors (Lipinski definition) is 1. The molecule has 1 aliphatic heterocycles. The zero-order valence-electron chi connectivity index (χ0n) is 18.5. The van der Waals surface area contributed by atoms with E-state index in [1.165, 1.54) is 17.5 Å². The molecule has 1 aliphatic rings. The van der Waals surface area contributed by atoms with Crippen LogP contribution in [0.25, 0.3) is 10.8 Å². The van der Waals surface area contributed by atoms with Gasteiger partial charge in [0.1, 0.15) is 29.8 Å². The van der Waals surface area contributed by atoms with Crippen LogP contribution >= 0.6 is 0 Å². The second-order valence-corrected chi connectivity index (χ2v) is 7.90. The van der Waals surface area contributed by atoms with Crippen LogP contribution in [-0.4, -0.2) is 41.7 Å². The predicted molar refractivity (Wildman–Crippen MR) is 125 cm³/mol. The Morgan fingerprint density at radius 2 is 1.77 bits per heavy atom. The number of furan rings is 2. The van der Waals surface area contributed by atoms with E-state index in [0.29, 0.717) is 29.2 Å². The van der Waals surface area contributed by atoms with Crippen molar-refractivity contribution in [2.45, 2.75) is 12.5 Å². The fourth-order valence-corrected chi connectivity index (χ4v) is 3.88. The fraction of sp³-hybridized carbons (Fsp3) is 0.154. The van der Waals surface area contributed by atoms with Crippen molar-refractivity contribution in [2.75, 3.05) is 13.2 Å². The zero-order chi connectivity index (χ0) is 24.2. The molecule has 176 valence electrons. The Labute approximate surface area is 200 Å². The third-order valence-electron chi connectivity index (χ3n) is 5.60. The summed E-state index contributed by atoms with van der Waals surface area (Å²) >= 11 is 0. The monoisotopic (exact) mass is 471 g/mol. The normalized spacial score (nSPS) is 15.1. The van der Waals surface area contributed by atoms with E-state index in [0.717, 1.165) is 10.8 Å². The Morgan fingerprint density at radius 3 is 2.54 bits per heavy atom. The van der Waals surface area contributed by atoms with Crippen LogP contribution in [0.2, 0.25) is 0 Å². The molecule has 0 saturated heterocycles. The molecule has 0 aliphatic carbocycles. The van der Waals surface area contributed by atoms with Crippen LogP contribution in [0.15, 0.2) is 93.2 Å². The van der Waals surface area contributed by atoms with Gasteiger partial charge in [0.25, 0.3) is 11.8 Å². The molecule has 2 amide bonds. The highest BCUT2D eigenvalue weighted by molar-refractivity contribution is 6.01. The number of esters is 1. The SMILES string of the molecule is O=C(CNC(=O)c1ccc2ccccc2c1)OCC(=O)N1N=C(c2ccco2)C[C@@H]1c1ccco1. The summed E-state index contributed by atoms with van der Waals surface area (Å²) in [5.41, 5.74) is 1.00. The molecule has 0 spiro atoms. The lowest BCUT2D eigenvalue weighted by Gasteiger charge is -2.19. The van der Waals surface area contributed by atoms with Crippen LogP contribution in [0.4, 0.5) is 0 Å². The van der Waals surface area contributed by atoms with Gasteiger partial charge in [-0.3, -0.25) is 14.4 Å². The Kier molecular flexibility index (Phi) is 6.13. The number of rotatable bonds is 7. The maximum Gasteiger partial charge on any atom is 0.325 e. The molecule has 0 bridgehead atoms. The molecule has 9 nitrogen and oxygen atoms in total. The first-order chi connectivity index (χ1) is 17.1. The lowest BCUT2D eigenvalue weighted by Crippen LogP contribution is -2.34. The van der Waals surface area contributed by atoms with E-state index in [-0.39, 0.29) is 6.54 Å². The van der Waals surface area contributed by atoms with Crippen LogP contribution in [0.3, 0.4) is 0 Å². The molecule has 3 heterocycles. The van der Waals surface area contributed by atoms with Gasteiger partial charge in [0.15, 0.2) is 6.61 Å². The number of amides is 2. The smallest absolute Gasteiger partial charge is 0.325 e. The summed E-state index contributed by atoms with van der Waals surface area (Å²) in [7, 11) is 0. The Hall–Kier alpha value is -4.66. The van der Waals surface area contributed by atoms with E-state index in [2.05, 4.69) is 10.4 Å². The van der Waals surface area contributed by atoms with E-state index >= 15 is 0 Å². The van der Waals surface area contributed by atoms with Crippen molar-refractivity contribution in [1.29, 1.82) is 0 Å². The van der Waals surface area contributed by atoms with E-state index in [1.54, 1.807) is 36.4 Å². The van der Waals surface area contributed by atoms with Crippen molar-refractivity contribution in [3.8, 4) is 0 Å². The third kappa shape index (κ3) is 4.84. The number of nitrogens with one attached hydrogen (secondary N) is 1. The van der Waals surface area contributed by atoms with Crippen LogP contribution < -0.4 is 5.32 Å². The van der Waals surface area contributed by atoms with Crippen molar-refractivity contribution < 1.29 is 28.0 Å². The summed E-state index contributed by atoms with van der Waals surface area (Å²) in [6, 6.07) is 19.4. The standard InChI is InChI=1S/C26H21N3O6/c30-24(29-21(23-8-4-12-34-23)14-20(28-29)22-7-3-11-33-22)16-35-25(31)15-27-26(32)19-10-9-17-5-1-2-6-18(17)13-19/h1-13,21H,14-16H2,(H,27,32)/t21-/m1/s1. The molecular formula is C26H21N3O6. The number of carbonyl (C=O) groups is 3. The average molecular weight is 471 g/mol. The molecule has 0 unspecified atom stereocenters. The largest absolute Gasteiger partial charge is 0.467 e. The van der Waals surface area contributed by atoms with Gasteiger partial charge in [0, 0.05) is 12.0 Å². The second-order valence-electron chi connectivity index (χ2n) is 7.90. The summed E-state index contributed by atoms with van der Waals surface area (Å²) in [6.45, 7) is -0.904. The summed E-state index contributed by atoms with van der Waals surface area (Å²) in [4.78, 5) is 37.5. The molecule has 1 N–H and O–H groups in total. The molecule has 0 saturated carbocycles. The van der Waals surface area contributed by atoms with E-state index in [4.69, 9.17) is 13.6 Å². The van der Waals surface area contributed by atoms with Crippen LogP contribution in [0, 0.1) is 0 Å². The van der Waals surface area contributed by atoms with Gasteiger partial charge in [-0.25, -0.2) is 5.01 Å². The van der Waals surface area contributed by atoms with Gasteiger partial charge in [-0.2, -0.15) is 5.10 Å². The van der Waals surface area contributed by atoms with Crippen molar-refractivity contribution in [1.82, 2.24) is 10.3 Å². The van der Waals surface area contributed by atoms with Crippen LogP contribution in [-0.2, 0) is 14.3 Å². The Balaban J connectivity index is 1.17. The molecule has 2 aromatic carbocycles. The minimum Gasteiger partial charge on any atom is -0.467 e. The molecule has 0 radical (unpaired) electrons. The molecule has 4 aromatic rings. The van der Waals surface area contributed by atoms with Crippen molar-refractivity contribution in [3.63, 3.8) is 0 Å². The number of ether oxygens (including phenoxy) is 1. The minimum absolute atomic E-state index is 0.374. The lowest BCUT2D eigenvalue weighted by molar-refractivity contribution is -0.152. The Bertz CT molecular complexity index is 1390. The topological polar surface area (TPSA) is 114 Å². The predicted octanol–water partition coefficient (Wildman–Crippen LogP) is 3.68. The highest BCUT2D eigenvalue weighted by Crippen LogP contribution is 2.33. The second kappa shape index (κ2) is 9.68. The molecule has 5 rings (SSSR count). The number of hydrogen-bond acceptors (Lipinski definition) is 7. The average Bonchev–Trinajstić information content (AvgIpc) is 3.66. The molecule has 9 heteroatoms. The van der Waals surface area contributed by atoms with Gasteiger partial charge in [0.05, 0.1) is 12.5 Å². The summed E-state index contributed by atoms with van der Waals surface area (Å²) in [6.07, 6.45) is 3.43. The molecular weight excluding hydrogens is 450 g/mol. The van der Waals surface area contributed by atoms with Gasteiger partial charge in [0.2, 0.25) is 0 Å². The van der Waals surface area contributed by atoms with Gasteiger partial charge >= 0.3 is 5.97 Å². The molecule has 1 atom stereocenters. The van der Waals surface area contributed by atoms with E-state index < -0.39 is 30.4 Å².